The van der Waals surface area contributed by atoms with Gasteiger partial charge < -0.3 is 0 Å². The quantitative estimate of drug-likeness (QED) is 0.945. The molecule has 1 aromatic heterocycles. The Hall–Kier alpha value is -1.88. The van der Waals surface area contributed by atoms with E-state index in [2.05, 4.69) is 9.71 Å². The minimum Gasteiger partial charge on any atom is -0.263 e. The predicted octanol–water partition coefficient (Wildman–Crippen LogP) is 3.12. The van der Waals surface area contributed by atoms with E-state index in [1.54, 1.807) is 26.0 Å². The number of hydrogen-bond donors (Lipinski definition) is 1. The molecule has 106 valence electrons. The molecule has 20 heavy (non-hydrogen) atoms. The van der Waals surface area contributed by atoms with Crippen molar-refractivity contribution in [1.82, 2.24) is 4.98 Å². The second-order valence-electron chi connectivity index (χ2n) is 5.00. The molecule has 0 radical (unpaired) electrons. The number of nitrogens with zero attached hydrogens (tertiary/aromatic N) is 1. The molecule has 0 aliphatic rings. The Kier molecular flexibility index (Phi) is 3.81. The molecule has 0 aliphatic heterocycles. The summed E-state index contributed by atoms with van der Waals surface area (Å²) in [5, 5.41) is 0. The second kappa shape index (κ2) is 5.25. The van der Waals surface area contributed by atoms with Gasteiger partial charge in [-0.3, -0.25) is 4.72 Å². The van der Waals surface area contributed by atoms with Crippen molar-refractivity contribution in [3.8, 4) is 0 Å². The fraction of sp³-hybridized carbons (Fsp3) is 0.267. The second-order valence-corrected chi connectivity index (χ2v) is 6.62. The number of rotatable bonds is 3. The summed E-state index contributed by atoms with van der Waals surface area (Å²) in [6.45, 7) is 7.38. The van der Waals surface area contributed by atoms with Gasteiger partial charge in [-0.15, -0.1) is 0 Å². The molecule has 1 heterocycles. The van der Waals surface area contributed by atoms with Gasteiger partial charge in [0.05, 0.1) is 4.90 Å². The van der Waals surface area contributed by atoms with E-state index < -0.39 is 10.0 Å². The Morgan fingerprint density at radius 2 is 1.60 bits per heavy atom. The van der Waals surface area contributed by atoms with E-state index in [-0.39, 0.29) is 0 Å². The highest BCUT2D eigenvalue weighted by molar-refractivity contribution is 7.92. The summed E-state index contributed by atoms with van der Waals surface area (Å²) in [5.41, 5.74) is 3.29. The van der Waals surface area contributed by atoms with Gasteiger partial charge in [0.2, 0.25) is 0 Å². The van der Waals surface area contributed by atoms with Gasteiger partial charge in [0, 0.05) is 5.69 Å². The minimum atomic E-state index is -3.62. The Balaban J connectivity index is 2.46. The van der Waals surface area contributed by atoms with Crippen LogP contribution >= 0.6 is 0 Å². The molecule has 1 aromatic carbocycles. The van der Waals surface area contributed by atoms with E-state index in [0.29, 0.717) is 10.7 Å². The van der Waals surface area contributed by atoms with Crippen LogP contribution in [0.5, 0.6) is 0 Å². The molecule has 1 N–H and O–H groups in total. The van der Waals surface area contributed by atoms with E-state index in [4.69, 9.17) is 0 Å². The number of aromatic nitrogens is 1. The highest BCUT2D eigenvalue weighted by Crippen LogP contribution is 2.23. The summed E-state index contributed by atoms with van der Waals surface area (Å²) in [4.78, 5) is 4.50. The summed E-state index contributed by atoms with van der Waals surface area (Å²) in [5.74, 6) is 0.337. The molecule has 4 nitrogen and oxygen atoms in total. The number of hydrogen-bond acceptors (Lipinski definition) is 3. The van der Waals surface area contributed by atoms with Crippen LogP contribution in [0.15, 0.2) is 35.2 Å². The van der Waals surface area contributed by atoms with Crippen molar-refractivity contribution in [2.24, 2.45) is 0 Å². The zero-order valence-corrected chi connectivity index (χ0v) is 12.9. The van der Waals surface area contributed by atoms with Crippen LogP contribution in [0.3, 0.4) is 0 Å². The van der Waals surface area contributed by atoms with Crippen molar-refractivity contribution in [2.75, 3.05) is 4.72 Å². The fourth-order valence-corrected chi connectivity index (χ4v) is 3.84. The van der Waals surface area contributed by atoms with Crippen molar-refractivity contribution < 1.29 is 8.42 Å². The third kappa shape index (κ3) is 2.99. The van der Waals surface area contributed by atoms with E-state index in [1.165, 1.54) is 0 Å². The molecule has 0 amide bonds. The molecule has 0 aliphatic carbocycles. The first-order valence-corrected chi connectivity index (χ1v) is 7.82. The third-order valence-electron chi connectivity index (χ3n) is 3.00. The van der Waals surface area contributed by atoms with Gasteiger partial charge in [0.25, 0.3) is 10.0 Å². The van der Waals surface area contributed by atoms with Gasteiger partial charge in [-0.2, -0.15) is 0 Å². The fourth-order valence-electron chi connectivity index (χ4n) is 2.38. The SMILES string of the molecule is Cc1cc(C)c(S(=O)(=O)Nc2cccc(C)n2)c(C)c1. The Morgan fingerprint density at radius 1 is 1.00 bits per heavy atom. The van der Waals surface area contributed by atoms with Crippen LogP contribution < -0.4 is 4.72 Å². The van der Waals surface area contributed by atoms with Crippen LogP contribution in [0.25, 0.3) is 0 Å². The van der Waals surface area contributed by atoms with Gasteiger partial charge >= 0.3 is 0 Å². The average molecular weight is 290 g/mol. The molecule has 0 fully saturated rings. The zero-order valence-electron chi connectivity index (χ0n) is 12.1. The van der Waals surface area contributed by atoms with Crippen LogP contribution in [-0.4, -0.2) is 13.4 Å². The summed E-state index contributed by atoms with van der Waals surface area (Å²) in [6.07, 6.45) is 0. The highest BCUT2D eigenvalue weighted by Gasteiger charge is 2.20. The predicted molar refractivity (Wildman–Crippen MR) is 80.4 cm³/mol. The zero-order chi connectivity index (χ0) is 14.9. The molecular formula is C15H18N2O2S. The molecule has 0 saturated heterocycles. The molecule has 0 atom stereocenters. The number of sulfonamides is 1. The lowest BCUT2D eigenvalue weighted by Gasteiger charge is -2.13. The average Bonchev–Trinajstić information content (AvgIpc) is 2.25. The summed E-state index contributed by atoms with van der Waals surface area (Å²) < 4.78 is 27.6. The van der Waals surface area contributed by atoms with Crippen molar-refractivity contribution in [1.29, 1.82) is 0 Å². The molecule has 0 spiro atoms. The smallest absolute Gasteiger partial charge is 0.263 e. The third-order valence-corrected chi connectivity index (χ3v) is 4.66. The lowest BCUT2D eigenvalue weighted by atomic mass is 10.1. The van der Waals surface area contributed by atoms with Gasteiger partial charge in [-0.25, -0.2) is 13.4 Å². The molecule has 2 rings (SSSR count). The molecule has 0 unspecified atom stereocenters. The standard InChI is InChI=1S/C15H18N2O2S/c1-10-8-11(2)15(12(3)9-10)20(18,19)17-14-7-5-6-13(4)16-14/h5-9H,1-4H3,(H,16,17). The summed E-state index contributed by atoms with van der Waals surface area (Å²) in [6, 6.07) is 8.97. The number of benzene rings is 1. The first kappa shape index (κ1) is 14.5. The molecular weight excluding hydrogens is 272 g/mol. The maximum Gasteiger partial charge on any atom is 0.263 e. The normalized spacial score (nSPS) is 11.4. The molecule has 2 aromatic rings. The Morgan fingerprint density at radius 3 is 2.15 bits per heavy atom. The monoisotopic (exact) mass is 290 g/mol. The number of aryl methyl sites for hydroxylation is 4. The van der Waals surface area contributed by atoms with Gasteiger partial charge in [-0.1, -0.05) is 23.8 Å². The van der Waals surface area contributed by atoms with Crippen LogP contribution in [0, 0.1) is 27.7 Å². The van der Waals surface area contributed by atoms with E-state index in [9.17, 15) is 8.42 Å². The van der Waals surface area contributed by atoms with Crippen LogP contribution in [0.4, 0.5) is 5.82 Å². The van der Waals surface area contributed by atoms with E-state index >= 15 is 0 Å². The minimum absolute atomic E-state index is 0.325. The van der Waals surface area contributed by atoms with Crippen molar-refractivity contribution in [2.45, 2.75) is 32.6 Å². The summed E-state index contributed by atoms with van der Waals surface area (Å²) >= 11 is 0. The number of anilines is 1. The maximum atomic E-state index is 12.5. The largest absolute Gasteiger partial charge is 0.263 e. The Labute approximate surface area is 119 Å². The first-order valence-electron chi connectivity index (χ1n) is 6.34. The van der Waals surface area contributed by atoms with Gasteiger partial charge in [0.1, 0.15) is 5.82 Å². The highest BCUT2D eigenvalue weighted by atomic mass is 32.2. The number of pyridine rings is 1. The molecule has 0 saturated carbocycles. The Bertz CT molecular complexity index is 729. The maximum absolute atomic E-state index is 12.5. The van der Waals surface area contributed by atoms with Crippen LogP contribution in [-0.2, 0) is 10.0 Å². The van der Waals surface area contributed by atoms with Crippen molar-refractivity contribution in [3.05, 3.63) is 52.7 Å². The first-order chi connectivity index (χ1) is 9.29. The van der Waals surface area contributed by atoms with Crippen LogP contribution in [0.2, 0.25) is 0 Å². The van der Waals surface area contributed by atoms with Gasteiger partial charge in [-0.05, 0) is 51.0 Å². The van der Waals surface area contributed by atoms with Gasteiger partial charge in [0.15, 0.2) is 0 Å². The van der Waals surface area contributed by atoms with Crippen molar-refractivity contribution in [3.63, 3.8) is 0 Å². The van der Waals surface area contributed by atoms with Crippen LogP contribution in [0.1, 0.15) is 22.4 Å². The lowest BCUT2D eigenvalue weighted by Crippen LogP contribution is -2.16. The van der Waals surface area contributed by atoms with Crippen molar-refractivity contribution >= 4 is 15.8 Å². The molecule has 0 bridgehead atoms. The summed E-state index contributed by atoms with van der Waals surface area (Å²) in [7, 11) is -3.62. The topological polar surface area (TPSA) is 59.1 Å². The van der Waals surface area contributed by atoms with E-state index in [1.807, 2.05) is 32.0 Å². The van der Waals surface area contributed by atoms with E-state index in [0.717, 1.165) is 22.4 Å². The number of nitrogens with one attached hydrogen (secondary N) is 1. The molecule has 5 heteroatoms. The lowest BCUT2D eigenvalue weighted by molar-refractivity contribution is 0.600.